The summed E-state index contributed by atoms with van der Waals surface area (Å²) in [4.78, 5) is 0. The minimum Gasteiger partial charge on any atom is -0.417 e. The Labute approximate surface area is 519 Å². The molecule has 0 radical (unpaired) electrons. The Morgan fingerprint density at radius 2 is 0.802 bits per heavy atom. The summed E-state index contributed by atoms with van der Waals surface area (Å²) in [6.07, 6.45) is -2.31. The highest BCUT2D eigenvalue weighted by atomic mass is 31.2. The van der Waals surface area contributed by atoms with Crippen LogP contribution in [0.25, 0.3) is 0 Å². The molecule has 2 aliphatic rings. The van der Waals surface area contributed by atoms with E-state index >= 15 is 0 Å². The van der Waals surface area contributed by atoms with Crippen LogP contribution < -0.4 is 40.4 Å². The average molecular weight is 1220 g/mol. The van der Waals surface area contributed by atoms with Crippen molar-refractivity contribution in [3.8, 4) is 11.5 Å². The number of aryl methyl sites for hydroxylation is 4. The molecule has 0 spiro atoms. The van der Waals surface area contributed by atoms with Crippen LogP contribution in [-0.4, -0.2) is 54.3 Å². The van der Waals surface area contributed by atoms with Gasteiger partial charge in [-0.3, -0.25) is 4.52 Å². The Balaban J connectivity index is 1.21. The zero-order valence-electron chi connectivity index (χ0n) is 53.7. The van der Waals surface area contributed by atoms with Crippen molar-refractivity contribution < 1.29 is 31.7 Å². The number of rotatable bonds is 16. The van der Waals surface area contributed by atoms with Crippen molar-refractivity contribution in [3.05, 3.63) is 239 Å². The number of hydrogen-bond acceptors (Lipinski definition) is 7. The highest BCUT2D eigenvalue weighted by Gasteiger charge is 2.57. The van der Waals surface area contributed by atoms with Crippen LogP contribution in [0.5, 0.6) is 11.5 Å². The molecule has 2 heterocycles. The number of benzene rings is 8. The Morgan fingerprint density at radius 1 is 0.442 bits per heavy atom. The van der Waals surface area contributed by atoms with Crippen LogP contribution in [0, 0.1) is 27.7 Å². The Morgan fingerprint density at radius 3 is 1.14 bits per heavy atom. The quantitative estimate of drug-likeness (QED) is 0.0705. The van der Waals surface area contributed by atoms with Crippen LogP contribution >= 0.6 is 16.8 Å². The van der Waals surface area contributed by atoms with E-state index in [2.05, 4.69) is 305 Å². The first-order valence-electron chi connectivity index (χ1n) is 30.6. The normalized spacial score (nSPS) is 18.0. The molecule has 86 heavy (non-hydrogen) atoms. The highest BCUT2D eigenvalue weighted by molar-refractivity contribution is 7.68. The summed E-state index contributed by atoms with van der Waals surface area (Å²) in [5, 5.41) is 6.33. The molecule has 1 saturated heterocycles. The molecule has 8 aromatic carbocycles. The zero-order valence-corrected chi connectivity index (χ0v) is 57.4. The first-order valence-corrected chi connectivity index (χ1v) is 36.8. The molecular formula is C75H90O7P2Si2. The molecule has 450 valence electrons. The first-order chi connectivity index (χ1) is 40.8. The topological polar surface area (TPSA) is 64.6 Å². The van der Waals surface area contributed by atoms with Gasteiger partial charge in [0.15, 0.2) is 0 Å². The van der Waals surface area contributed by atoms with E-state index in [4.69, 9.17) is 31.7 Å². The standard InChI is InChI=1S/C75H90O7P2Si2/c1-52-43-45-66(54(3)47-52)83(67-46-44-53(2)48-55(67)4)79-70-64(50-76-85(74(11,12)13,58-33-21-17-22-34-58)59-35-23-18-24-36-59)78-65(51-77-86(75(14,15)16,60-37-25-19-26-38-60)61-39-27-20-28-40-61)71(70)82-84-80-68-56(31-29-41-62(68)72(5,6)7)49-57-32-30-42-63(69(57)81-84)73(8,9)10/h17-48,64-65,70-71H,49-51H2,1-16H3/t64-,65-,70-,71-/m1/s1. The molecule has 0 aromatic heterocycles. The Hall–Kier alpha value is -5.55. The van der Waals surface area contributed by atoms with E-state index in [0.717, 1.165) is 55.5 Å². The smallest absolute Gasteiger partial charge is 0.417 e. The Kier molecular flexibility index (Phi) is 18.8. The number of hydrogen-bond donors (Lipinski definition) is 0. The maximum atomic E-state index is 8.21. The van der Waals surface area contributed by atoms with Crippen molar-refractivity contribution in [1.29, 1.82) is 0 Å². The third-order valence-corrected chi connectivity index (χ3v) is 30.7. The Bertz CT molecular complexity index is 3400. The molecule has 4 atom stereocenters. The number of para-hydroxylation sites is 2. The van der Waals surface area contributed by atoms with Crippen LogP contribution in [0.2, 0.25) is 10.1 Å². The van der Waals surface area contributed by atoms with Gasteiger partial charge in [0.1, 0.15) is 35.9 Å². The van der Waals surface area contributed by atoms with Crippen molar-refractivity contribution in [2.45, 2.75) is 163 Å². The largest absolute Gasteiger partial charge is 0.463 e. The van der Waals surface area contributed by atoms with Gasteiger partial charge >= 0.3 is 8.60 Å². The summed E-state index contributed by atoms with van der Waals surface area (Å²) in [6, 6.07) is 70.0. The van der Waals surface area contributed by atoms with Crippen molar-refractivity contribution in [2.24, 2.45) is 0 Å². The summed E-state index contributed by atoms with van der Waals surface area (Å²) in [6.45, 7) is 36.5. The molecule has 0 amide bonds. The maximum Gasteiger partial charge on any atom is 0.463 e. The molecule has 2 aliphatic heterocycles. The predicted octanol–water partition coefficient (Wildman–Crippen LogP) is 15.8. The van der Waals surface area contributed by atoms with E-state index in [1.807, 2.05) is 0 Å². The summed E-state index contributed by atoms with van der Waals surface area (Å²) in [5.74, 6) is 1.57. The SMILES string of the molecule is Cc1ccc(P(O[C@H]2[C@H](OP3Oc4c(cccc4C(C)(C)C)Cc4cccc(C(C)(C)C)c4O3)[C@@H](CO[Si](c3ccccc3)(c3ccccc3)C(C)(C)C)O[C@@H]2CO[Si](c2ccccc2)(c2ccccc2)C(C)(C)C)c2ccc(C)cc2C)c(C)c1. The second kappa shape index (κ2) is 25.5. The van der Waals surface area contributed by atoms with Crippen molar-refractivity contribution in [3.63, 3.8) is 0 Å². The predicted molar refractivity (Wildman–Crippen MR) is 365 cm³/mol. The van der Waals surface area contributed by atoms with Gasteiger partial charge in [0, 0.05) is 28.2 Å². The van der Waals surface area contributed by atoms with Crippen molar-refractivity contribution in [2.75, 3.05) is 13.2 Å². The molecule has 1 fully saturated rings. The summed E-state index contributed by atoms with van der Waals surface area (Å²) < 4.78 is 55.1. The lowest BCUT2D eigenvalue weighted by Gasteiger charge is -2.44. The molecule has 7 nitrogen and oxygen atoms in total. The van der Waals surface area contributed by atoms with Gasteiger partial charge in [0.05, 0.1) is 21.4 Å². The minimum absolute atomic E-state index is 0.176. The molecule has 0 bridgehead atoms. The van der Waals surface area contributed by atoms with Gasteiger partial charge in [-0.2, -0.15) is 0 Å². The molecule has 11 heteroatoms. The summed E-state index contributed by atoms with van der Waals surface area (Å²) >= 11 is 0. The van der Waals surface area contributed by atoms with Gasteiger partial charge in [0.2, 0.25) is 0 Å². The van der Waals surface area contributed by atoms with Crippen LogP contribution in [0.4, 0.5) is 0 Å². The fourth-order valence-electron chi connectivity index (χ4n) is 13.1. The maximum absolute atomic E-state index is 8.21. The second-order valence-electron chi connectivity index (χ2n) is 27.8. The lowest BCUT2D eigenvalue weighted by atomic mass is 9.83. The van der Waals surface area contributed by atoms with Crippen molar-refractivity contribution in [1.82, 2.24) is 0 Å². The summed E-state index contributed by atoms with van der Waals surface area (Å²) in [7, 11) is -10.2. The van der Waals surface area contributed by atoms with Gasteiger partial charge in [-0.25, -0.2) is 0 Å². The van der Waals surface area contributed by atoms with Crippen LogP contribution in [0.1, 0.15) is 128 Å². The van der Waals surface area contributed by atoms with Gasteiger partial charge < -0.3 is 27.2 Å². The third kappa shape index (κ3) is 13.0. The molecule has 0 unspecified atom stereocenters. The summed E-state index contributed by atoms with van der Waals surface area (Å²) in [5.41, 5.74) is 8.48. The lowest BCUT2D eigenvalue weighted by molar-refractivity contribution is -0.0305. The number of ether oxygens (including phenoxy) is 1. The van der Waals surface area contributed by atoms with Crippen molar-refractivity contribution >= 4 is 64.7 Å². The fourth-order valence-corrected chi connectivity index (χ4v) is 25.7. The third-order valence-electron chi connectivity index (χ3n) is 17.3. The van der Waals surface area contributed by atoms with E-state index in [9.17, 15) is 0 Å². The molecule has 0 saturated carbocycles. The molecule has 0 aliphatic carbocycles. The van der Waals surface area contributed by atoms with Crippen LogP contribution in [-0.2, 0) is 39.9 Å². The molecule has 10 rings (SSSR count). The fraction of sp³-hybridized carbons (Fsp3) is 0.360. The average Bonchev–Trinajstić information content (AvgIpc) is 1.10. The van der Waals surface area contributed by atoms with E-state index in [-0.39, 0.29) is 34.1 Å². The molecule has 0 N–H and O–H groups in total. The number of fused-ring (bicyclic) bond motifs is 2. The van der Waals surface area contributed by atoms with Gasteiger partial charge in [0.25, 0.3) is 16.6 Å². The zero-order chi connectivity index (χ0) is 61.4. The monoisotopic (exact) mass is 1220 g/mol. The van der Waals surface area contributed by atoms with E-state index < -0.39 is 57.8 Å². The highest BCUT2D eigenvalue weighted by Crippen LogP contribution is 2.55. The molecular weight excluding hydrogens is 1130 g/mol. The minimum atomic E-state index is -3.19. The van der Waals surface area contributed by atoms with E-state index in [1.54, 1.807) is 0 Å². The van der Waals surface area contributed by atoms with Gasteiger partial charge in [-0.1, -0.05) is 288 Å². The first kappa shape index (κ1) is 63.5. The van der Waals surface area contributed by atoms with Crippen LogP contribution in [0.3, 0.4) is 0 Å². The van der Waals surface area contributed by atoms with E-state index in [1.165, 1.54) is 31.9 Å². The van der Waals surface area contributed by atoms with Crippen LogP contribution in [0.15, 0.2) is 194 Å². The second-order valence-corrected chi connectivity index (χ2v) is 39.2. The molecule has 8 aromatic rings. The van der Waals surface area contributed by atoms with Gasteiger partial charge in [-0.15, -0.1) is 0 Å². The van der Waals surface area contributed by atoms with E-state index in [0.29, 0.717) is 6.42 Å². The van der Waals surface area contributed by atoms with Gasteiger partial charge in [-0.05, 0) is 91.6 Å². The lowest BCUT2D eigenvalue weighted by Crippen LogP contribution is -2.67.